The van der Waals surface area contributed by atoms with Crippen LogP contribution in [0.1, 0.15) is 67.9 Å². The minimum Gasteiger partial charge on any atom is -0.381 e. The SMILES string of the molecule is CO[C@H]1CC[C@@H](n2c([C@@H]3CCCN3c3ccc(F)c(F)c3)nc3cc(-c4c(C)noc4C)ccc32)CC1. The van der Waals surface area contributed by atoms with Gasteiger partial charge in [0, 0.05) is 37.0 Å². The van der Waals surface area contributed by atoms with E-state index in [2.05, 4.69) is 32.8 Å². The van der Waals surface area contributed by atoms with Crippen LogP contribution in [-0.2, 0) is 4.74 Å². The van der Waals surface area contributed by atoms with Gasteiger partial charge in [0.05, 0.1) is 28.9 Å². The number of anilines is 1. The zero-order valence-corrected chi connectivity index (χ0v) is 21.5. The third-order valence-corrected chi connectivity index (χ3v) is 8.17. The molecule has 1 aliphatic heterocycles. The lowest BCUT2D eigenvalue weighted by molar-refractivity contribution is 0.0584. The van der Waals surface area contributed by atoms with Crippen LogP contribution >= 0.6 is 0 Å². The highest BCUT2D eigenvalue weighted by atomic mass is 19.2. The van der Waals surface area contributed by atoms with E-state index in [9.17, 15) is 8.78 Å². The maximum absolute atomic E-state index is 14.2. The van der Waals surface area contributed by atoms with Crippen molar-refractivity contribution in [3.63, 3.8) is 0 Å². The molecule has 1 atom stereocenters. The number of hydrogen-bond donors (Lipinski definition) is 0. The number of fused-ring (bicyclic) bond motifs is 1. The molecule has 1 saturated carbocycles. The Labute approximate surface area is 215 Å². The molecule has 37 heavy (non-hydrogen) atoms. The number of aromatic nitrogens is 3. The Balaban J connectivity index is 1.46. The predicted octanol–water partition coefficient (Wildman–Crippen LogP) is 7.06. The molecule has 2 aromatic carbocycles. The fraction of sp³-hybridized carbons (Fsp3) is 0.448. The van der Waals surface area contributed by atoms with Crippen LogP contribution in [0, 0.1) is 25.5 Å². The quantitative estimate of drug-likeness (QED) is 0.290. The Morgan fingerprint density at radius 3 is 2.49 bits per heavy atom. The molecule has 1 aliphatic carbocycles. The van der Waals surface area contributed by atoms with Crippen molar-refractivity contribution in [3.8, 4) is 11.1 Å². The first-order chi connectivity index (χ1) is 17.9. The lowest BCUT2D eigenvalue weighted by Crippen LogP contribution is -2.28. The summed E-state index contributed by atoms with van der Waals surface area (Å²) in [6.07, 6.45) is 6.22. The molecule has 0 amide bonds. The van der Waals surface area contributed by atoms with Gasteiger partial charge < -0.3 is 18.7 Å². The lowest BCUT2D eigenvalue weighted by atomic mass is 9.92. The molecule has 6 rings (SSSR count). The first-order valence-corrected chi connectivity index (χ1v) is 13.1. The fourth-order valence-electron chi connectivity index (χ4n) is 6.33. The summed E-state index contributed by atoms with van der Waals surface area (Å²) in [5, 5.41) is 4.13. The minimum absolute atomic E-state index is 0.0140. The summed E-state index contributed by atoms with van der Waals surface area (Å²) in [7, 11) is 1.79. The van der Waals surface area contributed by atoms with Gasteiger partial charge in [0.15, 0.2) is 11.6 Å². The highest BCUT2D eigenvalue weighted by molar-refractivity contribution is 5.84. The van der Waals surface area contributed by atoms with E-state index in [0.29, 0.717) is 17.8 Å². The average molecular weight is 507 g/mol. The van der Waals surface area contributed by atoms with Gasteiger partial charge >= 0.3 is 0 Å². The molecule has 3 heterocycles. The van der Waals surface area contributed by atoms with Crippen LogP contribution in [0.15, 0.2) is 40.9 Å². The Bertz CT molecular complexity index is 1420. The second-order valence-electron chi connectivity index (χ2n) is 10.4. The van der Waals surface area contributed by atoms with E-state index in [1.807, 2.05) is 13.8 Å². The van der Waals surface area contributed by atoms with Crippen LogP contribution in [0.3, 0.4) is 0 Å². The maximum atomic E-state index is 14.2. The third kappa shape index (κ3) is 4.21. The zero-order valence-electron chi connectivity index (χ0n) is 21.5. The number of hydrogen-bond acceptors (Lipinski definition) is 5. The zero-order chi connectivity index (χ0) is 25.7. The van der Waals surface area contributed by atoms with Crippen molar-refractivity contribution < 1.29 is 18.0 Å². The Morgan fingerprint density at radius 1 is 0.973 bits per heavy atom. The number of imidazole rings is 1. The number of rotatable bonds is 5. The summed E-state index contributed by atoms with van der Waals surface area (Å²) in [4.78, 5) is 7.40. The lowest BCUT2D eigenvalue weighted by Gasteiger charge is -2.33. The normalized spacial score (nSPS) is 22.3. The van der Waals surface area contributed by atoms with Gasteiger partial charge in [-0.1, -0.05) is 11.2 Å². The molecule has 0 spiro atoms. The number of ether oxygens (including phenoxy) is 1. The molecule has 0 bridgehead atoms. The molecule has 2 aliphatic rings. The van der Waals surface area contributed by atoms with Gasteiger partial charge in [-0.15, -0.1) is 0 Å². The molecule has 0 unspecified atom stereocenters. The maximum Gasteiger partial charge on any atom is 0.160 e. The van der Waals surface area contributed by atoms with Gasteiger partial charge in [-0.05, 0) is 82.2 Å². The second-order valence-corrected chi connectivity index (χ2v) is 10.4. The topological polar surface area (TPSA) is 56.3 Å². The van der Waals surface area contributed by atoms with Crippen molar-refractivity contribution >= 4 is 16.7 Å². The minimum atomic E-state index is -0.825. The van der Waals surface area contributed by atoms with Crippen molar-refractivity contribution in [1.29, 1.82) is 0 Å². The van der Waals surface area contributed by atoms with E-state index in [-0.39, 0.29) is 6.04 Å². The molecule has 8 heteroatoms. The summed E-state index contributed by atoms with van der Waals surface area (Å²) in [5.41, 5.74) is 5.62. The number of nitrogens with zero attached hydrogens (tertiary/aromatic N) is 4. The van der Waals surface area contributed by atoms with Gasteiger partial charge in [-0.3, -0.25) is 0 Å². The second kappa shape index (κ2) is 9.56. The summed E-state index contributed by atoms with van der Waals surface area (Å²) in [6, 6.07) is 10.9. The van der Waals surface area contributed by atoms with Crippen LogP contribution in [-0.4, -0.2) is 34.5 Å². The highest BCUT2D eigenvalue weighted by Crippen LogP contribution is 2.42. The molecular formula is C29H32F2N4O2. The standard InChI is InChI=1S/C29H32F2N4O2/c1-17-28(18(2)37-33-17)19-6-13-26-25(15-19)32-29(35(26)20-7-10-22(36-3)11-8-20)27-5-4-14-34(27)21-9-12-23(30)24(31)16-21/h6,9,12-13,15-16,20,22,27H,4-5,7-8,10-11,14H2,1-3H3/t20-,22+,27-/m0/s1. The average Bonchev–Trinajstić information content (AvgIpc) is 3.62. The fourth-order valence-corrected chi connectivity index (χ4v) is 6.33. The van der Waals surface area contributed by atoms with E-state index in [1.165, 1.54) is 12.1 Å². The smallest absolute Gasteiger partial charge is 0.160 e. The predicted molar refractivity (Wildman–Crippen MR) is 139 cm³/mol. The van der Waals surface area contributed by atoms with Gasteiger partial charge in [-0.25, -0.2) is 13.8 Å². The van der Waals surface area contributed by atoms with Crippen LogP contribution in [0.5, 0.6) is 0 Å². The molecular weight excluding hydrogens is 474 g/mol. The summed E-state index contributed by atoms with van der Waals surface area (Å²) >= 11 is 0. The Hall–Kier alpha value is -3.26. The molecule has 4 aromatic rings. The van der Waals surface area contributed by atoms with Crippen molar-refractivity contribution in [1.82, 2.24) is 14.7 Å². The number of methoxy groups -OCH3 is 1. The van der Waals surface area contributed by atoms with Crippen LogP contribution < -0.4 is 4.90 Å². The molecule has 0 radical (unpaired) electrons. The molecule has 194 valence electrons. The molecule has 2 aromatic heterocycles. The number of aryl methyl sites for hydroxylation is 2. The largest absolute Gasteiger partial charge is 0.381 e. The van der Waals surface area contributed by atoms with Gasteiger partial charge in [0.2, 0.25) is 0 Å². The summed E-state index contributed by atoms with van der Waals surface area (Å²) < 4.78 is 41.3. The van der Waals surface area contributed by atoms with E-state index in [0.717, 1.165) is 84.5 Å². The van der Waals surface area contributed by atoms with Gasteiger partial charge in [0.1, 0.15) is 11.6 Å². The Kier molecular flexibility index (Phi) is 6.23. The van der Waals surface area contributed by atoms with Crippen LogP contribution in [0.2, 0.25) is 0 Å². The van der Waals surface area contributed by atoms with Crippen molar-refractivity contribution in [2.45, 2.75) is 70.6 Å². The van der Waals surface area contributed by atoms with Gasteiger partial charge in [0.25, 0.3) is 0 Å². The first kappa shape index (κ1) is 24.1. The van der Waals surface area contributed by atoms with Crippen molar-refractivity contribution in [2.24, 2.45) is 0 Å². The third-order valence-electron chi connectivity index (χ3n) is 8.17. The van der Waals surface area contributed by atoms with E-state index >= 15 is 0 Å². The van der Waals surface area contributed by atoms with Crippen molar-refractivity contribution in [3.05, 3.63) is 65.3 Å². The van der Waals surface area contributed by atoms with E-state index in [4.69, 9.17) is 14.2 Å². The van der Waals surface area contributed by atoms with E-state index in [1.54, 1.807) is 13.2 Å². The summed E-state index contributed by atoms with van der Waals surface area (Å²) in [6.45, 7) is 4.66. The first-order valence-electron chi connectivity index (χ1n) is 13.1. The van der Waals surface area contributed by atoms with Crippen molar-refractivity contribution in [2.75, 3.05) is 18.6 Å². The molecule has 2 fully saturated rings. The summed E-state index contributed by atoms with van der Waals surface area (Å²) in [5.74, 6) is 0.135. The Morgan fingerprint density at radius 2 is 1.78 bits per heavy atom. The number of benzene rings is 2. The molecule has 6 nitrogen and oxygen atoms in total. The van der Waals surface area contributed by atoms with Gasteiger partial charge in [-0.2, -0.15) is 0 Å². The van der Waals surface area contributed by atoms with Crippen LogP contribution in [0.25, 0.3) is 22.2 Å². The molecule has 1 saturated heterocycles. The van der Waals surface area contributed by atoms with Crippen LogP contribution in [0.4, 0.5) is 14.5 Å². The molecule has 0 N–H and O–H groups in total. The monoisotopic (exact) mass is 506 g/mol. The van der Waals surface area contributed by atoms with E-state index < -0.39 is 11.6 Å². The number of halogens is 2. The highest BCUT2D eigenvalue weighted by Gasteiger charge is 2.34.